The largest absolute Gasteiger partial charge is 0.307 e. The summed E-state index contributed by atoms with van der Waals surface area (Å²) < 4.78 is 0. The summed E-state index contributed by atoms with van der Waals surface area (Å²) in [6.07, 6.45) is 4.19. The summed E-state index contributed by atoms with van der Waals surface area (Å²) >= 11 is 12.3. The van der Waals surface area contributed by atoms with Crippen LogP contribution in [0.2, 0.25) is 10.0 Å². The summed E-state index contributed by atoms with van der Waals surface area (Å²) in [6, 6.07) is 7.50. The number of hydrogen-bond acceptors (Lipinski definition) is 3. The monoisotopic (exact) mass is 295 g/mol. The van der Waals surface area contributed by atoms with Gasteiger partial charge in [0.15, 0.2) is 0 Å². The van der Waals surface area contributed by atoms with Gasteiger partial charge in [-0.2, -0.15) is 0 Å². The van der Waals surface area contributed by atoms with Crippen LogP contribution in [-0.4, -0.2) is 16.5 Å². The maximum absolute atomic E-state index is 6.22. The molecular weight excluding hydrogens is 281 g/mol. The zero-order valence-corrected chi connectivity index (χ0v) is 12.1. The predicted octanol–water partition coefficient (Wildman–Crippen LogP) is 3.68. The van der Waals surface area contributed by atoms with E-state index in [1.165, 1.54) is 0 Å². The second-order valence-electron chi connectivity index (χ2n) is 4.13. The minimum absolute atomic E-state index is 0.0298. The van der Waals surface area contributed by atoms with Crippen LogP contribution in [0.15, 0.2) is 36.7 Å². The highest BCUT2D eigenvalue weighted by Gasteiger charge is 2.16. The molecule has 1 atom stereocenters. The smallest absolute Gasteiger partial charge is 0.145 e. The number of rotatable bonds is 5. The third kappa shape index (κ3) is 3.66. The number of likely N-dealkylation sites (N-methyl/N-ethyl adjacent to an activating group) is 1. The molecule has 2 rings (SSSR count). The van der Waals surface area contributed by atoms with Crippen molar-refractivity contribution in [3.8, 4) is 0 Å². The van der Waals surface area contributed by atoms with Crippen LogP contribution in [0.5, 0.6) is 0 Å². The first-order valence-electron chi connectivity index (χ1n) is 6.15. The van der Waals surface area contributed by atoms with Crippen LogP contribution in [0.1, 0.15) is 24.4 Å². The Morgan fingerprint density at radius 1 is 1.16 bits per heavy atom. The minimum atomic E-state index is 0.0298. The van der Waals surface area contributed by atoms with Crippen molar-refractivity contribution in [3.63, 3.8) is 0 Å². The van der Waals surface area contributed by atoms with Crippen LogP contribution in [0, 0.1) is 0 Å². The van der Waals surface area contributed by atoms with Crippen molar-refractivity contribution in [2.75, 3.05) is 6.54 Å². The van der Waals surface area contributed by atoms with Crippen LogP contribution in [0.25, 0.3) is 0 Å². The predicted molar refractivity (Wildman–Crippen MR) is 78.6 cm³/mol. The second kappa shape index (κ2) is 6.85. The number of aromatic nitrogens is 2. The van der Waals surface area contributed by atoms with Gasteiger partial charge in [0, 0.05) is 12.4 Å². The highest BCUT2D eigenvalue weighted by molar-refractivity contribution is 6.42. The Bertz CT molecular complexity index is 531. The molecule has 0 radical (unpaired) electrons. The van der Waals surface area contributed by atoms with E-state index in [2.05, 4.69) is 22.2 Å². The maximum Gasteiger partial charge on any atom is 0.145 e. The van der Waals surface area contributed by atoms with E-state index in [0.717, 1.165) is 17.9 Å². The lowest BCUT2D eigenvalue weighted by Crippen LogP contribution is -2.25. The van der Waals surface area contributed by atoms with E-state index in [9.17, 15) is 0 Å². The molecule has 0 saturated heterocycles. The highest BCUT2D eigenvalue weighted by atomic mass is 35.5. The molecular formula is C14H15Cl2N3. The van der Waals surface area contributed by atoms with Crippen molar-refractivity contribution in [1.29, 1.82) is 0 Å². The molecule has 0 aliphatic carbocycles. The standard InChI is InChI=1S/C14H15Cl2N3/c1-2-17-12(14-18-7-4-8-19-14)9-10-5-3-6-11(15)13(10)16/h3-8,12,17H,2,9H2,1H3. The molecule has 0 aliphatic heterocycles. The zero-order chi connectivity index (χ0) is 13.7. The molecule has 5 heteroatoms. The molecule has 1 unspecified atom stereocenters. The fourth-order valence-electron chi connectivity index (χ4n) is 1.92. The van der Waals surface area contributed by atoms with Gasteiger partial charge in [0.05, 0.1) is 16.1 Å². The van der Waals surface area contributed by atoms with Crippen LogP contribution in [-0.2, 0) is 6.42 Å². The van der Waals surface area contributed by atoms with Gasteiger partial charge >= 0.3 is 0 Å². The molecule has 100 valence electrons. The van der Waals surface area contributed by atoms with Gasteiger partial charge in [0.25, 0.3) is 0 Å². The Morgan fingerprint density at radius 2 is 1.89 bits per heavy atom. The van der Waals surface area contributed by atoms with Crippen molar-refractivity contribution in [2.45, 2.75) is 19.4 Å². The van der Waals surface area contributed by atoms with Gasteiger partial charge in [0.1, 0.15) is 5.82 Å². The molecule has 1 N–H and O–H groups in total. The average Bonchev–Trinajstić information content (AvgIpc) is 2.44. The van der Waals surface area contributed by atoms with E-state index < -0.39 is 0 Å². The topological polar surface area (TPSA) is 37.8 Å². The molecule has 0 spiro atoms. The summed E-state index contributed by atoms with van der Waals surface area (Å²) in [4.78, 5) is 8.59. The van der Waals surface area contributed by atoms with Gasteiger partial charge in [-0.1, -0.05) is 42.3 Å². The van der Waals surface area contributed by atoms with Crippen molar-refractivity contribution in [2.24, 2.45) is 0 Å². The molecule has 19 heavy (non-hydrogen) atoms. The Hall–Kier alpha value is -1.16. The van der Waals surface area contributed by atoms with Gasteiger partial charge < -0.3 is 5.32 Å². The number of hydrogen-bond donors (Lipinski definition) is 1. The first kappa shape index (κ1) is 14.3. The molecule has 0 bridgehead atoms. The number of benzene rings is 1. The van der Waals surface area contributed by atoms with Gasteiger partial charge in [-0.05, 0) is 30.7 Å². The van der Waals surface area contributed by atoms with E-state index in [1.807, 2.05) is 12.1 Å². The van der Waals surface area contributed by atoms with E-state index in [-0.39, 0.29) is 6.04 Å². The Kier molecular flexibility index (Phi) is 5.14. The highest BCUT2D eigenvalue weighted by Crippen LogP contribution is 2.28. The molecule has 3 nitrogen and oxygen atoms in total. The Labute approximate surface area is 123 Å². The number of nitrogens with zero attached hydrogens (tertiary/aromatic N) is 2. The lowest BCUT2D eigenvalue weighted by Gasteiger charge is -2.17. The van der Waals surface area contributed by atoms with Crippen molar-refractivity contribution in [3.05, 3.63) is 58.1 Å². The lowest BCUT2D eigenvalue weighted by atomic mass is 10.1. The third-order valence-corrected chi connectivity index (χ3v) is 3.66. The molecule has 0 amide bonds. The third-order valence-electron chi connectivity index (χ3n) is 2.80. The van der Waals surface area contributed by atoms with Crippen molar-refractivity contribution in [1.82, 2.24) is 15.3 Å². The van der Waals surface area contributed by atoms with Gasteiger partial charge in [0.2, 0.25) is 0 Å². The number of nitrogens with one attached hydrogen (secondary N) is 1. The first-order valence-corrected chi connectivity index (χ1v) is 6.91. The summed E-state index contributed by atoms with van der Waals surface area (Å²) in [6.45, 7) is 2.89. The molecule has 0 fully saturated rings. The maximum atomic E-state index is 6.22. The molecule has 0 aliphatic rings. The SMILES string of the molecule is CCNC(Cc1cccc(Cl)c1Cl)c1ncccn1. The summed E-state index contributed by atoms with van der Waals surface area (Å²) in [5.74, 6) is 0.764. The van der Waals surface area contributed by atoms with Crippen molar-refractivity contribution < 1.29 is 0 Å². The van der Waals surface area contributed by atoms with E-state index in [1.54, 1.807) is 24.5 Å². The van der Waals surface area contributed by atoms with Crippen LogP contribution >= 0.6 is 23.2 Å². The van der Waals surface area contributed by atoms with Crippen LogP contribution < -0.4 is 5.32 Å². The lowest BCUT2D eigenvalue weighted by molar-refractivity contribution is 0.521. The van der Waals surface area contributed by atoms with E-state index in [0.29, 0.717) is 16.5 Å². The molecule has 1 aromatic carbocycles. The van der Waals surface area contributed by atoms with Crippen LogP contribution in [0.4, 0.5) is 0 Å². The quantitative estimate of drug-likeness (QED) is 0.914. The average molecular weight is 296 g/mol. The fraction of sp³-hybridized carbons (Fsp3) is 0.286. The summed E-state index contributed by atoms with van der Waals surface area (Å²) in [7, 11) is 0. The minimum Gasteiger partial charge on any atom is -0.307 e. The molecule has 2 aromatic rings. The van der Waals surface area contributed by atoms with E-state index in [4.69, 9.17) is 23.2 Å². The van der Waals surface area contributed by atoms with Gasteiger partial charge in [-0.25, -0.2) is 9.97 Å². The number of halogens is 2. The first-order chi connectivity index (χ1) is 9.22. The zero-order valence-electron chi connectivity index (χ0n) is 10.6. The molecule has 0 saturated carbocycles. The second-order valence-corrected chi connectivity index (χ2v) is 4.92. The van der Waals surface area contributed by atoms with Crippen molar-refractivity contribution >= 4 is 23.2 Å². The van der Waals surface area contributed by atoms with Gasteiger partial charge in [-0.15, -0.1) is 0 Å². The Morgan fingerprint density at radius 3 is 2.58 bits per heavy atom. The fourth-order valence-corrected chi connectivity index (χ4v) is 2.31. The summed E-state index contributed by atoms with van der Waals surface area (Å²) in [5.41, 5.74) is 0.993. The summed E-state index contributed by atoms with van der Waals surface area (Å²) in [5, 5.41) is 4.54. The van der Waals surface area contributed by atoms with Gasteiger partial charge in [-0.3, -0.25) is 0 Å². The molecule has 1 heterocycles. The molecule has 1 aromatic heterocycles. The Balaban J connectivity index is 2.24. The normalized spacial score (nSPS) is 12.4. The van der Waals surface area contributed by atoms with E-state index >= 15 is 0 Å². The van der Waals surface area contributed by atoms with Crippen LogP contribution in [0.3, 0.4) is 0 Å².